The van der Waals surface area contributed by atoms with Gasteiger partial charge in [0.15, 0.2) is 0 Å². The van der Waals surface area contributed by atoms with Gasteiger partial charge in [-0.25, -0.2) is 0 Å². The van der Waals surface area contributed by atoms with Crippen molar-refractivity contribution < 1.29 is 9.47 Å². The normalized spacial score (nSPS) is 14.2. The molecule has 0 radical (unpaired) electrons. The number of likely N-dealkylation sites (N-methyl/N-ethyl adjacent to an activating group) is 1. The van der Waals surface area contributed by atoms with Crippen LogP contribution in [-0.2, 0) is 0 Å². The van der Waals surface area contributed by atoms with Crippen molar-refractivity contribution in [3.63, 3.8) is 0 Å². The Balaban J connectivity index is 3.09. The first-order valence-electron chi connectivity index (χ1n) is 7.22. The Kier molecular flexibility index (Phi) is 6.82. The molecule has 0 bridgehead atoms. The zero-order valence-corrected chi connectivity index (χ0v) is 13.3. The van der Waals surface area contributed by atoms with Gasteiger partial charge in [0, 0.05) is 18.2 Å². The Morgan fingerprint density at radius 2 is 1.95 bits per heavy atom. The fraction of sp³-hybridized carbons (Fsp3) is 0.625. The number of hydrogen-bond acceptors (Lipinski definition) is 4. The Bertz CT molecular complexity index is 409. The third-order valence-electron chi connectivity index (χ3n) is 3.91. The molecule has 0 aromatic heterocycles. The second kappa shape index (κ2) is 8.12. The van der Waals surface area contributed by atoms with E-state index in [1.807, 2.05) is 18.2 Å². The van der Waals surface area contributed by atoms with E-state index in [2.05, 4.69) is 25.8 Å². The highest BCUT2D eigenvalue weighted by molar-refractivity contribution is 5.42. The molecular weight excluding hydrogens is 252 g/mol. The predicted octanol–water partition coefficient (Wildman–Crippen LogP) is 2.82. The molecule has 1 rings (SSSR count). The highest BCUT2D eigenvalue weighted by Gasteiger charge is 2.23. The van der Waals surface area contributed by atoms with E-state index in [0.29, 0.717) is 12.6 Å². The molecule has 0 fully saturated rings. The van der Waals surface area contributed by atoms with Crippen LogP contribution < -0.4 is 15.2 Å². The summed E-state index contributed by atoms with van der Waals surface area (Å²) in [4.78, 5) is 2.32. The third-order valence-corrected chi connectivity index (χ3v) is 3.91. The van der Waals surface area contributed by atoms with Gasteiger partial charge >= 0.3 is 0 Å². The second-order valence-electron chi connectivity index (χ2n) is 5.16. The summed E-state index contributed by atoms with van der Waals surface area (Å²) in [6.45, 7) is 4.99. The van der Waals surface area contributed by atoms with Gasteiger partial charge in [-0.3, -0.25) is 4.90 Å². The van der Waals surface area contributed by atoms with Crippen LogP contribution in [0.2, 0.25) is 0 Å². The molecule has 2 atom stereocenters. The summed E-state index contributed by atoms with van der Waals surface area (Å²) in [6.07, 6.45) is 2.32. The molecule has 2 unspecified atom stereocenters. The first kappa shape index (κ1) is 16.8. The summed E-state index contributed by atoms with van der Waals surface area (Å²) in [5.41, 5.74) is 7.10. The Morgan fingerprint density at radius 1 is 1.25 bits per heavy atom. The molecule has 0 amide bonds. The van der Waals surface area contributed by atoms with E-state index in [-0.39, 0.29) is 6.04 Å². The van der Waals surface area contributed by atoms with Crippen LogP contribution in [0.4, 0.5) is 0 Å². The minimum atomic E-state index is 0.126. The van der Waals surface area contributed by atoms with Gasteiger partial charge in [-0.15, -0.1) is 0 Å². The first-order chi connectivity index (χ1) is 9.58. The molecule has 0 aliphatic carbocycles. The smallest absolute Gasteiger partial charge is 0.123 e. The average molecular weight is 280 g/mol. The standard InChI is InChI=1S/C16H28N2O2/c1-6-7-12(2)18(3)15(11-17)14-10-13(19-4)8-9-16(14)20-5/h8-10,12,15H,6-7,11,17H2,1-5H3. The van der Waals surface area contributed by atoms with Crippen LogP contribution in [0, 0.1) is 0 Å². The molecule has 0 aliphatic rings. The molecule has 0 spiro atoms. The van der Waals surface area contributed by atoms with Gasteiger partial charge < -0.3 is 15.2 Å². The molecule has 4 heteroatoms. The van der Waals surface area contributed by atoms with E-state index in [4.69, 9.17) is 15.2 Å². The Hall–Kier alpha value is -1.26. The zero-order valence-electron chi connectivity index (χ0n) is 13.3. The van der Waals surface area contributed by atoms with Crippen molar-refractivity contribution in [1.29, 1.82) is 0 Å². The van der Waals surface area contributed by atoms with E-state index in [9.17, 15) is 0 Å². The van der Waals surface area contributed by atoms with Gasteiger partial charge in [0.2, 0.25) is 0 Å². The predicted molar refractivity (Wildman–Crippen MR) is 83.5 cm³/mol. The van der Waals surface area contributed by atoms with Gasteiger partial charge in [0.05, 0.1) is 20.3 Å². The highest BCUT2D eigenvalue weighted by Crippen LogP contribution is 2.32. The lowest BCUT2D eigenvalue weighted by Gasteiger charge is -2.33. The summed E-state index contributed by atoms with van der Waals surface area (Å²) in [5, 5.41) is 0. The van der Waals surface area contributed by atoms with Crippen molar-refractivity contribution in [2.75, 3.05) is 27.8 Å². The minimum Gasteiger partial charge on any atom is -0.497 e. The summed E-state index contributed by atoms with van der Waals surface area (Å²) in [7, 11) is 5.48. The number of benzene rings is 1. The van der Waals surface area contributed by atoms with E-state index in [1.165, 1.54) is 0 Å². The molecule has 1 aromatic rings. The maximum Gasteiger partial charge on any atom is 0.123 e. The van der Waals surface area contributed by atoms with Gasteiger partial charge in [0.25, 0.3) is 0 Å². The van der Waals surface area contributed by atoms with Crippen LogP contribution in [0.5, 0.6) is 11.5 Å². The summed E-state index contributed by atoms with van der Waals surface area (Å²) < 4.78 is 10.8. The van der Waals surface area contributed by atoms with Crippen molar-refractivity contribution >= 4 is 0 Å². The summed E-state index contributed by atoms with van der Waals surface area (Å²) in [6, 6.07) is 6.47. The van der Waals surface area contributed by atoms with Crippen molar-refractivity contribution in [3.8, 4) is 11.5 Å². The SMILES string of the molecule is CCCC(C)N(C)C(CN)c1cc(OC)ccc1OC. The van der Waals surface area contributed by atoms with Crippen LogP contribution in [0.25, 0.3) is 0 Å². The van der Waals surface area contributed by atoms with Gasteiger partial charge in [0.1, 0.15) is 11.5 Å². The highest BCUT2D eigenvalue weighted by atomic mass is 16.5. The van der Waals surface area contributed by atoms with Gasteiger partial charge in [-0.05, 0) is 38.6 Å². The van der Waals surface area contributed by atoms with Crippen LogP contribution >= 0.6 is 0 Å². The minimum absolute atomic E-state index is 0.126. The average Bonchev–Trinajstić information content (AvgIpc) is 2.47. The molecule has 0 saturated heterocycles. The van der Waals surface area contributed by atoms with Crippen LogP contribution in [0.1, 0.15) is 38.3 Å². The molecular formula is C16H28N2O2. The molecule has 0 saturated carbocycles. The van der Waals surface area contributed by atoms with Crippen LogP contribution in [0.15, 0.2) is 18.2 Å². The summed E-state index contributed by atoms with van der Waals surface area (Å²) >= 11 is 0. The number of nitrogens with two attached hydrogens (primary N) is 1. The van der Waals surface area contributed by atoms with Gasteiger partial charge in [-0.1, -0.05) is 13.3 Å². The fourth-order valence-electron chi connectivity index (χ4n) is 2.54. The largest absolute Gasteiger partial charge is 0.497 e. The number of methoxy groups -OCH3 is 2. The molecule has 114 valence electrons. The Morgan fingerprint density at radius 3 is 2.45 bits per heavy atom. The van der Waals surface area contributed by atoms with E-state index < -0.39 is 0 Å². The van der Waals surface area contributed by atoms with Crippen LogP contribution in [0.3, 0.4) is 0 Å². The van der Waals surface area contributed by atoms with Crippen molar-refractivity contribution in [1.82, 2.24) is 4.90 Å². The Labute approximate surface area is 122 Å². The van der Waals surface area contributed by atoms with Crippen molar-refractivity contribution in [3.05, 3.63) is 23.8 Å². The van der Waals surface area contributed by atoms with Crippen molar-refractivity contribution in [2.45, 2.75) is 38.8 Å². The maximum absolute atomic E-state index is 6.02. The molecule has 0 heterocycles. The lowest BCUT2D eigenvalue weighted by molar-refractivity contribution is 0.176. The van der Waals surface area contributed by atoms with E-state index in [0.717, 1.165) is 29.9 Å². The van der Waals surface area contributed by atoms with Gasteiger partial charge in [-0.2, -0.15) is 0 Å². The lowest BCUT2D eigenvalue weighted by atomic mass is 10.0. The number of hydrogen-bond donors (Lipinski definition) is 1. The topological polar surface area (TPSA) is 47.7 Å². The monoisotopic (exact) mass is 280 g/mol. The molecule has 20 heavy (non-hydrogen) atoms. The quantitative estimate of drug-likeness (QED) is 0.795. The van der Waals surface area contributed by atoms with E-state index in [1.54, 1.807) is 14.2 Å². The molecule has 4 nitrogen and oxygen atoms in total. The third kappa shape index (κ3) is 3.87. The fourth-order valence-corrected chi connectivity index (χ4v) is 2.54. The molecule has 1 aromatic carbocycles. The number of ether oxygens (including phenoxy) is 2. The zero-order chi connectivity index (χ0) is 15.1. The molecule has 2 N–H and O–H groups in total. The number of rotatable bonds is 8. The van der Waals surface area contributed by atoms with Crippen LogP contribution in [-0.4, -0.2) is 38.8 Å². The first-order valence-corrected chi connectivity index (χ1v) is 7.22. The molecule has 0 aliphatic heterocycles. The lowest BCUT2D eigenvalue weighted by Crippen LogP contribution is -2.37. The van der Waals surface area contributed by atoms with E-state index >= 15 is 0 Å². The second-order valence-corrected chi connectivity index (χ2v) is 5.16. The summed E-state index contributed by atoms with van der Waals surface area (Å²) in [5.74, 6) is 1.69. The maximum atomic E-state index is 6.02. The van der Waals surface area contributed by atoms with Crippen molar-refractivity contribution in [2.24, 2.45) is 5.73 Å². The number of nitrogens with zero attached hydrogens (tertiary/aromatic N) is 1.